The van der Waals surface area contributed by atoms with Crippen molar-refractivity contribution in [3.63, 3.8) is 0 Å². The molecular formula is C14H13ClN2O3S. The molecule has 3 N–H and O–H groups in total. The van der Waals surface area contributed by atoms with E-state index in [9.17, 15) is 13.2 Å². The zero-order valence-electron chi connectivity index (χ0n) is 10.9. The normalized spacial score (nSPS) is 11.1. The van der Waals surface area contributed by atoms with Crippen LogP contribution in [0, 0.1) is 0 Å². The van der Waals surface area contributed by atoms with Gasteiger partial charge in [-0.15, -0.1) is 0 Å². The zero-order chi connectivity index (χ0) is 15.5. The molecule has 0 aliphatic rings. The summed E-state index contributed by atoms with van der Waals surface area (Å²) in [6, 6.07) is 12.3. The number of nitrogens with one attached hydrogen (secondary N) is 1. The van der Waals surface area contributed by atoms with Crippen molar-refractivity contribution in [2.45, 2.75) is 4.90 Å². The average molecular weight is 325 g/mol. The highest BCUT2D eigenvalue weighted by Gasteiger charge is 2.19. The molecule has 1 amide bonds. The first-order chi connectivity index (χ1) is 9.88. The summed E-state index contributed by atoms with van der Waals surface area (Å²) in [4.78, 5) is 12.0. The quantitative estimate of drug-likeness (QED) is 0.845. The number of hydrogen-bond acceptors (Lipinski definition) is 4. The Bertz CT molecular complexity index is 761. The molecule has 2 aromatic carbocycles. The number of carbonyl (C=O) groups is 1. The van der Waals surface area contributed by atoms with E-state index in [4.69, 9.17) is 17.3 Å². The van der Waals surface area contributed by atoms with Crippen LogP contribution in [0.25, 0.3) is 0 Å². The molecule has 2 rings (SSSR count). The highest BCUT2D eigenvalue weighted by Crippen LogP contribution is 2.22. The highest BCUT2D eigenvalue weighted by atomic mass is 35.5. The molecule has 0 aromatic heterocycles. The van der Waals surface area contributed by atoms with Crippen LogP contribution in [0.5, 0.6) is 0 Å². The molecule has 0 aliphatic carbocycles. The summed E-state index contributed by atoms with van der Waals surface area (Å²) in [6.45, 7) is 0. The number of hydrogen-bond donors (Lipinski definition) is 2. The van der Waals surface area contributed by atoms with Gasteiger partial charge in [0.05, 0.1) is 16.3 Å². The van der Waals surface area contributed by atoms with E-state index in [1.54, 1.807) is 24.3 Å². The predicted molar refractivity (Wildman–Crippen MR) is 83.0 cm³/mol. The summed E-state index contributed by atoms with van der Waals surface area (Å²) >= 11 is 5.75. The van der Waals surface area contributed by atoms with E-state index in [2.05, 4.69) is 5.32 Å². The first-order valence-electron chi connectivity index (χ1n) is 6.01. The monoisotopic (exact) mass is 324 g/mol. The van der Waals surface area contributed by atoms with E-state index in [0.29, 0.717) is 10.7 Å². The van der Waals surface area contributed by atoms with Gasteiger partial charge in [-0.05, 0) is 30.3 Å². The van der Waals surface area contributed by atoms with Gasteiger partial charge in [-0.2, -0.15) is 0 Å². The Morgan fingerprint density at radius 1 is 1.14 bits per heavy atom. The Hall–Kier alpha value is -2.05. The van der Waals surface area contributed by atoms with Crippen molar-refractivity contribution in [3.05, 3.63) is 53.6 Å². The fraction of sp³-hybridized carbons (Fsp3) is 0.0714. The van der Waals surface area contributed by atoms with Crippen LogP contribution < -0.4 is 11.1 Å². The smallest absolute Gasteiger partial charge is 0.240 e. The standard InChI is InChI=1S/C14H13ClN2O3S/c15-10-6-7-13(12(16)8-10)17-14(18)9-21(19,20)11-4-2-1-3-5-11/h1-8H,9,16H2,(H,17,18). The lowest BCUT2D eigenvalue weighted by molar-refractivity contribution is -0.113. The second-order valence-corrected chi connectivity index (χ2v) is 6.78. The minimum atomic E-state index is -3.68. The fourth-order valence-corrected chi connectivity index (χ4v) is 3.05. The van der Waals surface area contributed by atoms with Crippen LogP contribution in [0.4, 0.5) is 11.4 Å². The highest BCUT2D eigenvalue weighted by molar-refractivity contribution is 7.92. The van der Waals surface area contributed by atoms with Gasteiger partial charge in [-0.25, -0.2) is 8.42 Å². The molecule has 0 radical (unpaired) electrons. The SMILES string of the molecule is Nc1cc(Cl)ccc1NC(=O)CS(=O)(=O)c1ccccc1. The summed E-state index contributed by atoms with van der Waals surface area (Å²) in [5, 5.41) is 2.89. The summed E-state index contributed by atoms with van der Waals surface area (Å²) in [6.07, 6.45) is 0. The molecule has 2 aromatic rings. The van der Waals surface area contributed by atoms with Crippen molar-refractivity contribution in [2.75, 3.05) is 16.8 Å². The van der Waals surface area contributed by atoms with Gasteiger partial charge in [-0.3, -0.25) is 4.79 Å². The van der Waals surface area contributed by atoms with Crippen molar-refractivity contribution in [1.82, 2.24) is 0 Å². The Balaban J connectivity index is 2.12. The lowest BCUT2D eigenvalue weighted by Gasteiger charge is -2.09. The minimum Gasteiger partial charge on any atom is -0.397 e. The third-order valence-corrected chi connectivity index (χ3v) is 4.58. The molecule has 5 nitrogen and oxygen atoms in total. The van der Waals surface area contributed by atoms with Gasteiger partial charge < -0.3 is 11.1 Å². The van der Waals surface area contributed by atoms with Gasteiger partial charge in [0.25, 0.3) is 0 Å². The average Bonchev–Trinajstić information content (AvgIpc) is 2.42. The maximum absolute atomic E-state index is 12.1. The number of benzene rings is 2. The van der Waals surface area contributed by atoms with E-state index in [1.807, 2.05) is 0 Å². The number of sulfone groups is 1. The van der Waals surface area contributed by atoms with Gasteiger partial charge in [-0.1, -0.05) is 29.8 Å². The van der Waals surface area contributed by atoms with Gasteiger partial charge in [0.15, 0.2) is 9.84 Å². The number of nitrogen functional groups attached to an aromatic ring is 1. The van der Waals surface area contributed by atoms with Crippen LogP contribution in [0.15, 0.2) is 53.4 Å². The topological polar surface area (TPSA) is 89.3 Å². The van der Waals surface area contributed by atoms with Crippen molar-refractivity contribution < 1.29 is 13.2 Å². The van der Waals surface area contributed by atoms with Crippen molar-refractivity contribution in [3.8, 4) is 0 Å². The van der Waals surface area contributed by atoms with Crippen molar-refractivity contribution in [2.24, 2.45) is 0 Å². The number of rotatable bonds is 4. The molecule has 0 aliphatic heterocycles. The summed E-state index contributed by atoms with van der Waals surface area (Å²) in [7, 11) is -3.68. The number of nitrogens with two attached hydrogens (primary N) is 1. The number of halogens is 1. The summed E-state index contributed by atoms with van der Waals surface area (Å²) < 4.78 is 24.1. The van der Waals surface area contributed by atoms with E-state index >= 15 is 0 Å². The fourth-order valence-electron chi connectivity index (χ4n) is 1.72. The van der Waals surface area contributed by atoms with Gasteiger partial charge in [0.2, 0.25) is 5.91 Å². The van der Waals surface area contributed by atoms with E-state index in [0.717, 1.165) is 0 Å². The molecule has 0 saturated carbocycles. The molecule has 0 saturated heterocycles. The molecular weight excluding hydrogens is 312 g/mol. The largest absolute Gasteiger partial charge is 0.397 e. The van der Waals surface area contributed by atoms with E-state index in [1.165, 1.54) is 24.3 Å². The predicted octanol–water partition coefficient (Wildman–Crippen LogP) is 2.33. The van der Waals surface area contributed by atoms with Crippen molar-refractivity contribution >= 4 is 38.7 Å². The number of anilines is 2. The Labute approximate surface area is 127 Å². The number of amides is 1. The molecule has 110 valence electrons. The third kappa shape index (κ3) is 3.96. The second kappa shape index (κ2) is 6.15. The van der Waals surface area contributed by atoms with Crippen LogP contribution >= 0.6 is 11.6 Å². The molecule has 0 spiro atoms. The van der Waals surface area contributed by atoms with E-state index in [-0.39, 0.29) is 10.6 Å². The van der Waals surface area contributed by atoms with Crippen molar-refractivity contribution in [1.29, 1.82) is 0 Å². The lowest BCUT2D eigenvalue weighted by atomic mass is 10.2. The minimum absolute atomic E-state index is 0.101. The van der Waals surface area contributed by atoms with Crippen LogP contribution in [0.1, 0.15) is 0 Å². The Morgan fingerprint density at radius 3 is 2.43 bits per heavy atom. The van der Waals surface area contributed by atoms with Crippen LogP contribution in [0.2, 0.25) is 5.02 Å². The van der Waals surface area contributed by atoms with Gasteiger partial charge in [0, 0.05) is 5.02 Å². The first-order valence-corrected chi connectivity index (χ1v) is 8.04. The molecule has 0 unspecified atom stereocenters. The second-order valence-electron chi connectivity index (χ2n) is 4.35. The van der Waals surface area contributed by atoms with Crippen LogP contribution in [-0.4, -0.2) is 20.1 Å². The summed E-state index contributed by atoms with van der Waals surface area (Å²) in [5.41, 5.74) is 6.29. The molecule has 7 heteroatoms. The van der Waals surface area contributed by atoms with E-state index < -0.39 is 21.5 Å². The molecule has 0 bridgehead atoms. The third-order valence-electron chi connectivity index (χ3n) is 2.71. The first kappa shape index (κ1) is 15.3. The van der Waals surface area contributed by atoms with Gasteiger partial charge >= 0.3 is 0 Å². The molecule has 0 fully saturated rings. The Kier molecular flexibility index (Phi) is 4.50. The van der Waals surface area contributed by atoms with Crippen LogP contribution in [0.3, 0.4) is 0 Å². The zero-order valence-corrected chi connectivity index (χ0v) is 12.5. The lowest BCUT2D eigenvalue weighted by Crippen LogP contribution is -2.23. The van der Waals surface area contributed by atoms with Crippen LogP contribution in [-0.2, 0) is 14.6 Å². The Morgan fingerprint density at radius 2 is 1.81 bits per heavy atom. The molecule has 21 heavy (non-hydrogen) atoms. The maximum Gasteiger partial charge on any atom is 0.240 e. The summed E-state index contributed by atoms with van der Waals surface area (Å²) in [5.74, 6) is -1.31. The molecule has 0 atom stereocenters. The van der Waals surface area contributed by atoms with Gasteiger partial charge in [0.1, 0.15) is 5.75 Å². The molecule has 0 heterocycles. The maximum atomic E-state index is 12.1. The number of carbonyl (C=O) groups excluding carboxylic acids is 1.